The van der Waals surface area contributed by atoms with E-state index in [-0.39, 0.29) is 0 Å². The summed E-state index contributed by atoms with van der Waals surface area (Å²) < 4.78 is 0. The molecule has 0 radical (unpaired) electrons. The van der Waals surface area contributed by atoms with Crippen molar-refractivity contribution in [2.45, 2.75) is 6.92 Å². The van der Waals surface area contributed by atoms with Crippen LogP contribution in [-0.4, -0.2) is 16.4 Å². The third kappa shape index (κ3) is 2.12. The van der Waals surface area contributed by atoms with E-state index < -0.39 is 5.97 Å². The van der Waals surface area contributed by atoms with Crippen molar-refractivity contribution in [3.63, 3.8) is 0 Å². The molecule has 0 aromatic carbocycles. The van der Waals surface area contributed by atoms with Crippen LogP contribution in [0.1, 0.15) is 6.92 Å². The van der Waals surface area contributed by atoms with Crippen molar-refractivity contribution in [3.05, 3.63) is 11.6 Å². The van der Waals surface area contributed by atoms with Crippen molar-refractivity contribution >= 4 is 21.9 Å². The number of allylic oxidation sites excluding steroid dienone is 1. The van der Waals surface area contributed by atoms with E-state index in [0.29, 0.717) is 10.9 Å². The first kappa shape index (κ1) is 7.69. The van der Waals surface area contributed by atoms with E-state index >= 15 is 0 Å². The Morgan fingerprint density at radius 3 is 2.38 bits per heavy atom. The SMILES string of the molecule is C/C=C(/CBr)C(=O)O. The van der Waals surface area contributed by atoms with E-state index in [4.69, 9.17) is 5.11 Å². The van der Waals surface area contributed by atoms with Crippen LogP contribution in [0.4, 0.5) is 0 Å². The van der Waals surface area contributed by atoms with Gasteiger partial charge in [-0.1, -0.05) is 22.0 Å². The summed E-state index contributed by atoms with van der Waals surface area (Å²) in [7, 11) is 0. The number of hydrogen-bond donors (Lipinski definition) is 1. The topological polar surface area (TPSA) is 37.3 Å². The van der Waals surface area contributed by atoms with Gasteiger partial charge in [0.1, 0.15) is 0 Å². The maximum atomic E-state index is 10.1. The fourth-order valence-corrected chi connectivity index (χ4v) is 0.821. The average Bonchev–Trinajstić information content (AvgIpc) is 1.69. The zero-order valence-electron chi connectivity index (χ0n) is 4.52. The molecule has 0 saturated carbocycles. The second-order valence-electron chi connectivity index (χ2n) is 1.25. The molecule has 0 fully saturated rings. The molecule has 0 heterocycles. The van der Waals surface area contributed by atoms with E-state index in [1.165, 1.54) is 0 Å². The van der Waals surface area contributed by atoms with Crippen LogP contribution in [0.3, 0.4) is 0 Å². The highest BCUT2D eigenvalue weighted by molar-refractivity contribution is 9.09. The lowest BCUT2D eigenvalue weighted by atomic mass is 10.3. The normalized spacial score (nSPS) is 11.5. The summed E-state index contributed by atoms with van der Waals surface area (Å²) >= 11 is 3.03. The fraction of sp³-hybridized carbons (Fsp3) is 0.400. The van der Waals surface area contributed by atoms with Crippen molar-refractivity contribution in [2.75, 3.05) is 5.33 Å². The Morgan fingerprint density at radius 1 is 1.88 bits per heavy atom. The minimum absolute atomic E-state index is 0.394. The summed E-state index contributed by atoms with van der Waals surface area (Å²) in [5.74, 6) is -0.857. The molecule has 0 saturated heterocycles. The van der Waals surface area contributed by atoms with Crippen LogP contribution < -0.4 is 0 Å². The Labute approximate surface area is 56.3 Å². The van der Waals surface area contributed by atoms with Gasteiger partial charge in [0, 0.05) is 10.9 Å². The zero-order chi connectivity index (χ0) is 6.57. The number of rotatable bonds is 2. The minimum Gasteiger partial charge on any atom is -0.478 e. The highest BCUT2D eigenvalue weighted by Gasteiger charge is 2.00. The van der Waals surface area contributed by atoms with Crippen LogP contribution in [0.5, 0.6) is 0 Å². The summed E-state index contributed by atoms with van der Waals surface area (Å²) in [6.07, 6.45) is 1.57. The number of carboxylic acids is 1. The van der Waals surface area contributed by atoms with Gasteiger partial charge in [-0.2, -0.15) is 0 Å². The highest BCUT2D eigenvalue weighted by Crippen LogP contribution is 1.97. The third-order valence-corrected chi connectivity index (χ3v) is 1.37. The Kier molecular flexibility index (Phi) is 3.52. The number of aliphatic carboxylic acids is 1. The van der Waals surface area contributed by atoms with Gasteiger partial charge < -0.3 is 5.11 Å². The third-order valence-electron chi connectivity index (χ3n) is 0.767. The van der Waals surface area contributed by atoms with E-state index in [1.54, 1.807) is 13.0 Å². The molecule has 0 aromatic rings. The van der Waals surface area contributed by atoms with Gasteiger partial charge in [0.2, 0.25) is 0 Å². The smallest absolute Gasteiger partial charge is 0.332 e. The molecule has 2 nitrogen and oxygen atoms in total. The number of hydrogen-bond acceptors (Lipinski definition) is 1. The van der Waals surface area contributed by atoms with Crippen LogP contribution in [0.25, 0.3) is 0 Å². The van der Waals surface area contributed by atoms with Crippen LogP contribution in [0.2, 0.25) is 0 Å². The summed E-state index contributed by atoms with van der Waals surface area (Å²) in [6.45, 7) is 1.70. The lowest BCUT2D eigenvalue weighted by molar-refractivity contribution is -0.132. The molecule has 0 aromatic heterocycles. The number of carbonyl (C=O) groups is 1. The predicted octanol–water partition coefficient (Wildman–Crippen LogP) is 1.41. The maximum Gasteiger partial charge on any atom is 0.332 e. The Bertz CT molecular complexity index is 118. The van der Waals surface area contributed by atoms with E-state index in [1.807, 2.05) is 0 Å². The molecule has 0 atom stereocenters. The fourth-order valence-electron chi connectivity index (χ4n) is 0.258. The van der Waals surface area contributed by atoms with Gasteiger partial charge in [0.15, 0.2) is 0 Å². The molecule has 0 aliphatic carbocycles. The van der Waals surface area contributed by atoms with Crippen LogP contribution in [0.15, 0.2) is 11.6 Å². The van der Waals surface area contributed by atoms with Crippen molar-refractivity contribution in [3.8, 4) is 0 Å². The standard InChI is InChI=1S/C5H7BrO2/c1-2-4(3-6)5(7)8/h2H,3H2,1H3,(H,7,8)/b4-2-. The molecule has 8 heavy (non-hydrogen) atoms. The second-order valence-corrected chi connectivity index (χ2v) is 1.81. The highest BCUT2D eigenvalue weighted by atomic mass is 79.9. The number of halogens is 1. The summed E-state index contributed by atoms with van der Waals surface area (Å²) in [5.41, 5.74) is 0.394. The lowest BCUT2D eigenvalue weighted by Crippen LogP contribution is -2.00. The van der Waals surface area contributed by atoms with Crippen molar-refractivity contribution in [1.29, 1.82) is 0 Å². The largest absolute Gasteiger partial charge is 0.478 e. The number of carboxylic acid groups (broad SMARTS) is 1. The van der Waals surface area contributed by atoms with Gasteiger partial charge in [-0.15, -0.1) is 0 Å². The van der Waals surface area contributed by atoms with Crippen molar-refractivity contribution < 1.29 is 9.90 Å². The zero-order valence-corrected chi connectivity index (χ0v) is 6.10. The summed E-state index contributed by atoms with van der Waals surface area (Å²) in [6, 6.07) is 0. The molecule has 0 aliphatic rings. The predicted molar refractivity (Wildman–Crippen MR) is 35.2 cm³/mol. The summed E-state index contributed by atoms with van der Waals surface area (Å²) in [5, 5.41) is 8.69. The molecule has 46 valence electrons. The molecular weight excluding hydrogens is 172 g/mol. The molecule has 0 unspecified atom stereocenters. The van der Waals surface area contributed by atoms with Crippen LogP contribution in [0, 0.1) is 0 Å². The van der Waals surface area contributed by atoms with Crippen LogP contribution >= 0.6 is 15.9 Å². The van der Waals surface area contributed by atoms with E-state index in [9.17, 15) is 4.79 Å². The Balaban J connectivity index is 3.92. The van der Waals surface area contributed by atoms with Gasteiger partial charge >= 0.3 is 5.97 Å². The lowest BCUT2D eigenvalue weighted by Gasteiger charge is -1.89. The Hall–Kier alpha value is -0.310. The minimum atomic E-state index is -0.857. The quantitative estimate of drug-likeness (QED) is 0.514. The maximum absolute atomic E-state index is 10.1. The first-order valence-corrected chi connectivity index (χ1v) is 3.29. The Morgan fingerprint density at radius 2 is 2.38 bits per heavy atom. The van der Waals surface area contributed by atoms with Gasteiger partial charge in [-0.3, -0.25) is 0 Å². The molecule has 3 heteroatoms. The summed E-state index contributed by atoms with van der Waals surface area (Å²) in [4.78, 5) is 10.1. The van der Waals surface area contributed by atoms with Gasteiger partial charge in [0.05, 0.1) is 0 Å². The van der Waals surface area contributed by atoms with Gasteiger partial charge in [-0.25, -0.2) is 4.79 Å². The average molecular weight is 179 g/mol. The van der Waals surface area contributed by atoms with Gasteiger partial charge in [-0.05, 0) is 6.92 Å². The van der Waals surface area contributed by atoms with Crippen LogP contribution in [-0.2, 0) is 4.79 Å². The number of alkyl halides is 1. The molecule has 0 spiro atoms. The van der Waals surface area contributed by atoms with E-state index in [0.717, 1.165) is 0 Å². The second kappa shape index (κ2) is 3.66. The first-order valence-electron chi connectivity index (χ1n) is 2.16. The van der Waals surface area contributed by atoms with Gasteiger partial charge in [0.25, 0.3) is 0 Å². The van der Waals surface area contributed by atoms with Crippen molar-refractivity contribution in [2.24, 2.45) is 0 Å². The molecule has 1 N–H and O–H groups in total. The molecule has 0 bridgehead atoms. The monoisotopic (exact) mass is 178 g/mol. The molecule has 0 amide bonds. The molecule has 0 aliphatic heterocycles. The molecular formula is C5H7BrO2. The molecule has 0 rings (SSSR count). The van der Waals surface area contributed by atoms with E-state index in [2.05, 4.69) is 15.9 Å². The first-order chi connectivity index (χ1) is 3.72. The van der Waals surface area contributed by atoms with Crippen molar-refractivity contribution in [1.82, 2.24) is 0 Å².